The lowest BCUT2D eigenvalue weighted by Crippen LogP contribution is -2.39. The number of likely N-dealkylation sites (N-methyl/N-ethyl adjacent to an activating group) is 1. The molecule has 2 nitrogen and oxygen atoms in total. The van der Waals surface area contributed by atoms with Crippen LogP contribution in [-0.2, 0) is 0 Å². The largest absolute Gasteiger partial charge is 0.392 e. The highest BCUT2D eigenvalue weighted by molar-refractivity contribution is 6.31. The third-order valence-corrected chi connectivity index (χ3v) is 3.65. The van der Waals surface area contributed by atoms with Crippen molar-refractivity contribution in [2.24, 2.45) is 0 Å². The third-order valence-electron chi connectivity index (χ3n) is 3.31. The van der Waals surface area contributed by atoms with Crippen LogP contribution in [-0.4, -0.2) is 29.2 Å². The first kappa shape index (κ1) is 13.5. The maximum atomic E-state index is 9.58. The van der Waals surface area contributed by atoms with Gasteiger partial charge in [0, 0.05) is 17.1 Å². The van der Waals surface area contributed by atoms with E-state index in [1.807, 2.05) is 38.2 Å². The van der Waals surface area contributed by atoms with Gasteiger partial charge in [-0.05, 0) is 39.4 Å². The number of benzene rings is 1. The summed E-state index contributed by atoms with van der Waals surface area (Å²) in [4.78, 5) is 2.13. The van der Waals surface area contributed by atoms with Gasteiger partial charge in [0.1, 0.15) is 0 Å². The van der Waals surface area contributed by atoms with Crippen molar-refractivity contribution < 1.29 is 5.11 Å². The van der Waals surface area contributed by atoms with E-state index in [4.69, 9.17) is 11.6 Å². The van der Waals surface area contributed by atoms with Crippen LogP contribution in [0.4, 0.5) is 0 Å². The van der Waals surface area contributed by atoms with E-state index in [1.54, 1.807) is 6.92 Å². The fourth-order valence-electron chi connectivity index (χ4n) is 1.73. The summed E-state index contributed by atoms with van der Waals surface area (Å²) in [5, 5.41) is 10.4. The van der Waals surface area contributed by atoms with Gasteiger partial charge in [-0.1, -0.05) is 29.8 Å². The first-order valence-corrected chi connectivity index (χ1v) is 5.97. The molecule has 0 aliphatic heterocycles. The van der Waals surface area contributed by atoms with Crippen LogP contribution in [0.2, 0.25) is 5.02 Å². The minimum absolute atomic E-state index is 0.103. The molecule has 0 aliphatic rings. The quantitative estimate of drug-likeness (QED) is 0.876. The van der Waals surface area contributed by atoms with Gasteiger partial charge in [-0.3, -0.25) is 4.90 Å². The molecule has 1 aromatic rings. The molecule has 0 heterocycles. The van der Waals surface area contributed by atoms with Gasteiger partial charge in [-0.15, -0.1) is 0 Å². The monoisotopic (exact) mass is 241 g/mol. The SMILES string of the molecule is CC(O)C(C)N(C)C(C)c1ccccc1Cl. The maximum absolute atomic E-state index is 9.58. The predicted octanol–water partition coefficient (Wildman–Crippen LogP) is 3.10. The third kappa shape index (κ3) is 2.97. The van der Waals surface area contributed by atoms with Crippen molar-refractivity contribution in [3.8, 4) is 0 Å². The van der Waals surface area contributed by atoms with Gasteiger partial charge in [0.25, 0.3) is 0 Å². The summed E-state index contributed by atoms with van der Waals surface area (Å²) in [6.45, 7) is 5.92. The van der Waals surface area contributed by atoms with Crippen LogP contribution < -0.4 is 0 Å². The Morgan fingerprint density at radius 3 is 2.25 bits per heavy atom. The van der Waals surface area contributed by atoms with E-state index in [9.17, 15) is 5.11 Å². The summed E-state index contributed by atoms with van der Waals surface area (Å²) in [5.41, 5.74) is 1.10. The second kappa shape index (κ2) is 5.67. The Morgan fingerprint density at radius 1 is 1.19 bits per heavy atom. The second-order valence-corrected chi connectivity index (χ2v) is 4.75. The summed E-state index contributed by atoms with van der Waals surface area (Å²) in [6, 6.07) is 8.13. The lowest BCUT2D eigenvalue weighted by molar-refractivity contribution is 0.0656. The Bertz CT molecular complexity index is 340. The van der Waals surface area contributed by atoms with Crippen LogP contribution in [0, 0.1) is 0 Å². The normalized spacial score (nSPS) is 17.2. The number of hydrogen-bond acceptors (Lipinski definition) is 2. The topological polar surface area (TPSA) is 23.5 Å². The molecule has 0 saturated heterocycles. The van der Waals surface area contributed by atoms with Crippen LogP contribution in [0.1, 0.15) is 32.4 Å². The smallest absolute Gasteiger partial charge is 0.0664 e. The summed E-state index contributed by atoms with van der Waals surface area (Å²) in [7, 11) is 2.01. The summed E-state index contributed by atoms with van der Waals surface area (Å²) >= 11 is 6.16. The molecule has 1 N–H and O–H groups in total. The van der Waals surface area contributed by atoms with Crippen LogP contribution in [0.3, 0.4) is 0 Å². The molecule has 0 amide bonds. The number of nitrogens with zero attached hydrogens (tertiary/aromatic N) is 1. The van der Waals surface area contributed by atoms with E-state index in [1.165, 1.54) is 0 Å². The van der Waals surface area contributed by atoms with Gasteiger partial charge >= 0.3 is 0 Å². The first-order valence-electron chi connectivity index (χ1n) is 5.59. The molecule has 90 valence electrons. The number of rotatable bonds is 4. The van der Waals surface area contributed by atoms with E-state index < -0.39 is 0 Å². The Kier molecular flexibility index (Phi) is 4.78. The molecule has 1 aromatic carbocycles. The number of hydrogen-bond donors (Lipinski definition) is 1. The molecule has 0 fully saturated rings. The number of halogens is 1. The fourth-order valence-corrected chi connectivity index (χ4v) is 2.02. The summed E-state index contributed by atoms with van der Waals surface area (Å²) in [6.07, 6.45) is -0.352. The molecule has 3 unspecified atom stereocenters. The Balaban J connectivity index is 2.86. The average Bonchev–Trinajstić information content (AvgIpc) is 2.26. The molecule has 3 atom stereocenters. The zero-order chi connectivity index (χ0) is 12.3. The highest BCUT2D eigenvalue weighted by atomic mass is 35.5. The Morgan fingerprint density at radius 2 is 1.75 bits per heavy atom. The average molecular weight is 242 g/mol. The van der Waals surface area contributed by atoms with Crippen molar-refractivity contribution in [2.45, 2.75) is 39.0 Å². The van der Waals surface area contributed by atoms with E-state index in [0.29, 0.717) is 0 Å². The van der Waals surface area contributed by atoms with Gasteiger partial charge in [-0.25, -0.2) is 0 Å². The zero-order valence-electron chi connectivity index (χ0n) is 10.3. The van der Waals surface area contributed by atoms with Crippen molar-refractivity contribution in [1.82, 2.24) is 4.90 Å². The first-order chi connectivity index (χ1) is 7.45. The van der Waals surface area contributed by atoms with Crippen molar-refractivity contribution in [3.63, 3.8) is 0 Å². The molecule has 0 bridgehead atoms. The van der Waals surface area contributed by atoms with E-state index in [0.717, 1.165) is 10.6 Å². The standard InChI is InChI=1S/C13H20ClNO/c1-9(11(3)16)15(4)10(2)12-7-5-6-8-13(12)14/h5-11,16H,1-4H3. The fraction of sp³-hybridized carbons (Fsp3) is 0.538. The van der Waals surface area contributed by atoms with Crippen molar-refractivity contribution in [3.05, 3.63) is 34.9 Å². The minimum atomic E-state index is -0.352. The van der Waals surface area contributed by atoms with Gasteiger partial charge < -0.3 is 5.11 Å². The van der Waals surface area contributed by atoms with Gasteiger partial charge in [0.05, 0.1) is 6.10 Å². The number of aliphatic hydroxyl groups is 1. The van der Waals surface area contributed by atoms with Crippen LogP contribution >= 0.6 is 11.6 Å². The molecule has 16 heavy (non-hydrogen) atoms. The highest BCUT2D eigenvalue weighted by Crippen LogP contribution is 2.27. The van der Waals surface area contributed by atoms with Gasteiger partial charge in [-0.2, -0.15) is 0 Å². The van der Waals surface area contributed by atoms with E-state index >= 15 is 0 Å². The minimum Gasteiger partial charge on any atom is -0.392 e. The second-order valence-electron chi connectivity index (χ2n) is 4.34. The molecular formula is C13H20ClNO. The molecule has 0 saturated carbocycles. The Labute approximate surface area is 103 Å². The van der Waals surface area contributed by atoms with Gasteiger partial charge in [0.15, 0.2) is 0 Å². The number of aliphatic hydroxyl groups excluding tert-OH is 1. The molecule has 0 aliphatic carbocycles. The van der Waals surface area contributed by atoms with Crippen LogP contribution in [0.25, 0.3) is 0 Å². The molecule has 0 aromatic heterocycles. The van der Waals surface area contributed by atoms with E-state index in [-0.39, 0.29) is 18.2 Å². The molecule has 3 heteroatoms. The molecule has 1 rings (SSSR count). The zero-order valence-corrected chi connectivity index (χ0v) is 11.1. The maximum Gasteiger partial charge on any atom is 0.0664 e. The molecule has 0 spiro atoms. The van der Waals surface area contributed by atoms with Crippen molar-refractivity contribution >= 4 is 11.6 Å². The van der Waals surface area contributed by atoms with Crippen molar-refractivity contribution in [1.29, 1.82) is 0 Å². The molecule has 0 radical (unpaired) electrons. The lowest BCUT2D eigenvalue weighted by atomic mass is 10.0. The lowest BCUT2D eigenvalue weighted by Gasteiger charge is -2.33. The van der Waals surface area contributed by atoms with E-state index in [2.05, 4.69) is 11.8 Å². The predicted molar refractivity (Wildman–Crippen MR) is 68.8 cm³/mol. The van der Waals surface area contributed by atoms with Gasteiger partial charge in [0.2, 0.25) is 0 Å². The highest BCUT2D eigenvalue weighted by Gasteiger charge is 2.21. The molecular weight excluding hydrogens is 222 g/mol. The summed E-state index contributed by atoms with van der Waals surface area (Å²) < 4.78 is 0. The van der Waals surface area contributed by atoms with Crippen LogP contribution in [0.15, 0.2) is 24.3 Å². The Hall–Kier alpha value is -0.570. The summed E-state index contributed by atoms with van der Waals surface area (Å²) in [5.74, 6) is 0. The van der Waals surface area contributed by atoms with Crippen LogP contribution in [0.5, 0.6) is 0 Å². The van der Waals surface area contributed by atoms with Crippen molar-refractivity contribution in [2.75, 3.05) is 7.05 Å².